The van der Waals surface area contributed by atoms with Crippen molar-refractivity contribution >= 4 is 40.0 Å². The number of aromatic nitrogens is 1. The Morgan fingerprint density at radius 2 is 1.81 bits per heavy atom. The maximum atomic E-state index is 14.6. The highest BCUT2D eigenvalue weighted by Crippen LogP contribution is 2.32. The van der Waals surface area contributed by atoms with E-state index in [0.29, 0.717) is 5.71 Å². The summed E-state index contributed by atoms with van der Waals surface area (Å²) in [5.41, 5.74) is 0.749. The number of likely N-dealkylation sites (N-methyl/N-ethyl adjacent to an activating group) is 2. The molecule has 2 unspecified atom stereocenters. The Morgan fingerprint density at radius 3 is 2.43 bits per heavy atom. The Kier molecular flexibility index (Phi) is 6.93. The summed E-state index contributed by atoms with van der Waals surface area (Å²) >= 11 is 1.08. The number of nitrogens with zero attached hydrogens (tertiary/aromatic N) is 5. The number of halogens is 2. The average Bonchev–Trinajstić information content (AvgIpc) is 3.38. The van der Waals surface area contributed by atoms with Crippen LogP contribution in [0.15, 0.2) is 22.6 Å². The molecule has 0 aliphatic carbocycles. The number of ether oxygens (including phenoxy) is 1. The van der Waals surface area contributed by atoms with E-state index in [1.807, 2.05) is 20.8 Å². The zero-order valence-electron chi connectivity index (χ0n) is 21.3. The summed E-state index contributed by atoms with van der Waals surface area (Å²) in [6.07, 6.45) is 0. The van der Waals surface area contributed by atoms with Gasteiger partial charge in [0.15, 0.2) is 28.6 Å². The van der Waals surface area contributed by atoms with Gasteiger partial charge >= 0.3 is 6.03 Å². The molecular formula is C24H28F2N6O4S. The van der Waals surface area contributed by atoms with Crippen molar-refractivity contribution in [3.8, 4) is 17.0 Å². The van der Waals surface area contributed by atoms with Crippen LogP contribution in [0.2, 0.25) is 0 Å². The molecule has 198 valence electrons. The van der Waals surface area contributed by atoms with Crippen LogP contribution < -0.4 is 10.1 Å². The first kappa shape index (κ1) is 26.5. The molecule has 2 aromatic rings. The zero-order chi connectivity index (χ0) is 27.2. The number of fused-ring (bicyclic) bond motifs is 1. The molecule has 2 aliphatic rings. The largest absolute Gasteiger partial charge is 0.487 e. The minimum absolute atomic E-state index is 0.143. The van der Waals surface area contributed by atoms with Crippen LogP contribution >= 0.6 is 11.3 Å². The first-order chi connectivity index (χ1) is 17.3. The van der Waals surface area contributed by atoms with E-state index in [0.717, 1.165) is 28.4 Å². The van der Waals surface area contributed by atoms with Crippen molar-refractivity contribution in [2.45, 2.75) is 39.8 Å². The molecule has 0 saturated carbocycles. The first-order valence-electron chi connectivity index (χ1n) is 11.5. The van der Waals surface area contributed by atoms with E-state index in [9.17, 15) is 23.2 Å². The molecule has 13 heteroatoms. The minimum atomic E-state index is -0.847. The van der Waals surface area contributed by atoms with E-state index in [2.05, 4.69) is 15.4 Å². The van der Waals surface area contributed by atoms with Gasteiger partial charge in [-0.15, -0.1) is 11.3 Å². The van der Waals surface area contributed by atoms with E-state index < -0.39 is 47.3 Å². The molecule has 0 radical (unpaired) electrons. The molecule has 1 aromatic carbocycles. The van der Waals surface area contributed by atoms with Gasteiger partial charge in [-0.1, -0.05) is 20.8 Å². The molecule has 4 amide bonds. The maximum Gasteiger partial charge on any atom is 0.326 e. The molecule has 4 rings (SSSR count). The lowest BCUT2D eigenvalue weighted by atomic mass is 9.99. The van der Waals surface area contributed by atoms with Crippen molar-refractivity contribution in [2.24, 2.45) is 10.5 Å². The Balaban J connectivity index is 1.44. The predicted molar refractivity (Wildman–Crippen MR) is 134 cm³/mol. The number of benzene rings is 1. The smallest absolute Gasteiger partial charge is 0.326 e. The third-order valence-electron chi connectivity index (χ3n) is 5.92. The summed E-state index contributed by atoms with van der Waals surface area (Å²) in [5.74, 6) is -3.08. The van der Waals surface area contributed by atoms with E-state index in [1.165, 1.54) is 17.0 Å². The van der Waals surface area contributed by atoms with E-state index in [1.54, 1.807) is 19.4 Å². The monoisotopic (exact) mass is 534 g/mol. The normalized spacial score (nSPS) is 19.8. The third kappa shape index (κ3) is 5.26. The second-order valence-electron chi connectivity index (χ2n) is 10.2. The minimum Gasteiger partial charge on any atom is -0.487 e. The second kappa shape index (κ2) is 9.69. The van der Waals surface area contributed by atoms with Gasteiger partial charge in [0, 0.05) is 25.0 Å². The molecular weight excluding hydrogens is 506 g/mol. The van der Waals surface area contributed by atoms with E-state index in [-0.39, 0.29) is 35.0 Å². The number of rotatable bonds is 6. The van der Waals surface area contributed by atoms with Gasteiger partial charge in [0.1, 0.15) is 12.6 Å². The number of hydrogen-bond donors (Lipinski definition) is 1. The maximum absolute atomic E-state index is 14.6. The SMILES string of the molecule is CC1=NN(CC(=O)Nc2nc(-c3cc(F)c(OCC(C)(C)C)c(F)c3)cs2)C2C(=O)N(C)C(=O)N(C)C12. The number of carbonyl (C=O) groups is 3. The van der Waals surface area contributed by atoms with Crippen LogP contribution in [0.1, 0.15) is 27.7 Å². The summed E-state index contributed by atoms with van der Waals surface area (Å²) in [4.78, 5) is 44.4. The molecule has 1 fully saturated rings. The molecule has 10 nitrogen and oxygen atoms in total. The van der Waals surface area contributed by atoms with Gasteiger partial charge in [0.05, 0.1) is 18.0 Å². The molecule has 37 heavy (non-hydrogen) atoms. The lowest BCUT2D eigenvalue weighted by Gasteiger charge is -2.40. The lowest BCUT2D eigenvalue weighted by Crippen LogP contribution is -2.65. The van der Waals surface area contributed by atoms with E-state index >= 15 is 0 Å². The lowest BCUT2D eigenvalue weighted by molar-refractivity contribution is -0.137. The van der Waals surface area contributed by atoms with Crippen molar-refractivity contribution in [1.29, 1.82) is 0 Å². The summed E-state index contributed by atoms with van der Waals surface area (Å²) in [6, 6.07) is 0.453. The fourth-order valence-corrected chi connectivity index (χ4v) is 4.89. The quantitative estimate of drug-likeness (QED) is 0.609. The average molecular weight is 535 g/mol. The number of amides is 4. The van der Waals surface area contributed by atoms with Gasteiger partial charge in [0.25, 0.3) is 5.91 Å². The van der Waals surface area contributed by atoms with Gasteiger partial charge in [-0.05, 0) is 24.5 Å². The highest BCUT2D eigenvalue weighted by molar-refractivity contribution is 7.14. The number of hydrogen-bond acceptors (Lipinski definition) is 8. The number of urea groups is 1. The summed E-state index contributed by atoms with van der Waals surface area (Å²) in [6.45, 7) is 7.26. The van der Waals surface area contributed by atoms with Crippen LogP contribution in [0, 0.1) is 17.0 Å². The van der Waals surface area contributed by atoms with Gasteiger partial charge in [-0.3, -0.25) is 19.5 Å². The van der Waals surface area contributed by atoms with Gasteiger partial charge < -0.3 is 15.0 Å². The summed E-state index contributed by atoms with van der Waals surface area (Å²) in [5, 5.41) is 10.1. The molecule has 1 N–H and O–H groups in total. The van der Waals surface area contributed by atoms with Crippen LogP contribution in [0.3, 0.4) is 0 Å². The standard InChI is InChI=1S/C24H28F2N6O4S/c1-12-18-19(21(34)31(6)23(35)30(18)5)32(29-12)9-17(33)28-22-27-16(10-37-22)13-7-14(25)20(15(26)8-13)36-11-24(2,3)4/h7-8,10,18-19H,9,11H2,1-6H3,(H,27,28,33). The Bertz CT molecular complexity index is 1270. The fraction of sp³-hybridized carbons (Fsp3) is 0.458. The van der Waals surface area contributed by atoms with Gasteiger partial charge in [-0.2, -0.15) is 5.10 Å². The third-order valence-corrected chi connectivity index (χ3v) is 6.68. The van der Waals surface area contributed by atoms with Gasteiger partial charge in [-0.25, -0.2) is 18.6 Å². The molecule has 2 aliphatic heterocycles. The van der Waals surface area contributed by atoms with Crippen molar-refractivity contribution in [3.05, 3.63) is 29.1 Å². The molecule has 2 atom stereocenters. The second-order valence-corrected chi connectivity index (χ2v) is 11.1. The number of nitrogens with one attached hydrogen (secondary N) is 1. The van der Waals surface area contributed by atoms with Crippen LogP contribution in [0.4, 0.5) is 18.7 Å². The molecule has 3 heterocycles. The molecule has 0 bridgehead atoms. The summed E-state index contributed by atoms with van der Waals surface area (Å²) < 4.78 is 34.5. The number of imide groups is 1. The fourth-order valence-electron chi connectivity index (χ4n) is 4.16. The Morgan fingerprint density at radius 1 is 1.16 bits per heavy atom. The number of hydrazone groups is 1. The molecule has 0 spiro atoms. The van der Waals surface area contributed by atoms with Crippen LogP contribution in [0.25, 0.3) is 11.3 Å². The highest BCUT2D eigenvalue weighted by Gasteiger charge is 2.51. The topological polar surface area (TPSA) is 107 Å². The van der Waals surface area contributed by atoms with Crippen molar-refractivity contribution in [2.75, 3.05) is 32.6 Å². The van der Waals surface area contributed by atoms with Crippen LogP contribution in [-0.2, 0) is 9.59 Å². The van der Waals surface area contributed by atoms with Crippen molar-refractivity contribution in [1.82, 2.24) is 19.8 Å². The summed E-state index contributed by atoms with van der Waals surface area (Å²) in [7, 11) is 2.97. The van der Waals surface area contributed by atoms with Crippen LogP contribution in [0.5, 0.6) is 5.75 Å². The Labute approximate surface area is 216 Å². The first-order valence-corrected chi connectivity index (χ1v) is 12.4. The molecule has 1 saturated heterocycles. The number of anilines is 1. The predicted octanol–water partition coefficient (Wildman–Crippen LogP) is 3.40. The molecule has 1 aromatic heterocycles. The Hall–Kier alpha value is -3.61. The van der Waals surface area contributed by atoms with Crippen molar-refractivity contribution < 1.29 is 27.9 Å². The van der Waals surface area contributed by atoms with Gasteiger partial charge in [0.2, 0.25) is 5.91 Å². The van der Waals surface area contributed by atoms with E-state index in [4.69, 9.17) is 4.74 Å². The zero-order valence-corrected chi connectivity index (χ0v) is 22.2. The van der Waals surface area contributed by atoms with Crippen LogP contribution in [-0.4, -0.2) is 82.7 Å². The number of carbonyl (C=O) groups excluding carboxylic acids is 3. The number of thiazole rings is 1. The highest BCUT2D eigenvalue weighted by atomic mass is 32.1. The van der Waals surface area contributed by atoms with Crippen molar-refractivity contribution in [3.63, 3.8) is 0 Å².